The summed E-state index contributed by atoms with van der Waals surface area (Å²) in [6.45, 7) is 13.5. The van der Waals surface area contributed by atoms with Crippen molar-refractivity contribution in [3.8, 4) is 0 Å². The van der Waals surface area contributed by atoms with Crippen molar-refractivity contribution in [2.75, 3.05) is 39.9 Å². The Bertz CT molecular complexity index is 499. The molecule has 4 N–H and O–H groups in total. The first kappa shape index (κ1) is 26.0. The molecule has 28 heavy (non-hydrogen) atoms. The molecule has 0 aromatic rings. The Morgan fingerprint density at radius 3 is 2.14 bits per heavy atom. The maximum absolute atomic E-state index is 12.2. The normalized spacial score (nSPS) is 12.3. The highest BCUT2D eigenvalue weighted by Crippen LogP contribution is 2.16. The van der Waals surface area contributed by atoms with Gasteiger partial charge in [0.15, 0.2) is 5.96 Å². The predicted octanol–water partition coefficient (Wildman–Crippen LogP) is 1.39. The SMILES string of the molecule is CCNC(=NCC(=O)NCCOC)NCC(CC)(CC)NC(=O)OC(C)(C)C. The van der Waals surface area contributed by atoms with Crippen molar-refractivity contribution < 1.29 is 19.1 Å². The number of rotatable bonds is 11. The molecule has 0 saturated carbocycles. The van der Waals surface area contributed by atoms with Gasteiger partial charge in [0.1, 0.15) is 12.1 Å². The molecule has 0 rings (SSSR count). The molecule has 0 spiro atoms. The number of methoxy groups -OCH3 is 1. The summed E-state index contributed by atoms with van der Waals surface area (Å²) in [5, 5.41) is 12.0. The Morgan fingerprint density at radius 2 is 1.64 bits per heavy atom. The summed E-state index contributed by atoms with van der Waals surface area (Å²) in [7, 11) is 1.58. The molecule has 0 aliphatic rings. The Hall–Kier alpha value is -2.03. The fourth-order valence-corrected chi connectivity index (χ4v) is 2.34. The number of guanidine groups is 1. The average molecular weight is 402 g/mol. The number of nitrogens with one attached hydrogen (secondary N) is 4. The molecule has 0 aromatic carbocycles. The van der Waals surface area contributed by atoms with E-state index >= 15 is 0 Å². The van der Waals surface area contributed by atoms with Crippen LogP contribution in [0.25, 0.3) is 0 Å². The minimum atomic E-state index is -0.558. The molecule has 0 bridgehead atoms. The molecule has 0 heterocycles. The van der Waals surface area contributed by atoms with Gasteiger partial charge in [-0.25, -0.2) is 9.79 Å². The van der Waals surface area contributed by atoms with Crippen molar-refractivity contribution >= 4 is 18.0 Å². The average Bonchev–Trinajstić information content (AvgIpc) is 2.61. The summed E-state index contributed by atoms with van der Waals surface area (Å²) in [5.41, 5.74) is -1.05. The first-order chi connectivity index (χ1) is 13.1. The largest absolute Gasteiger partial charge is 0.444 e. The van der Waals surface area contributed by atoms with E-state index in [1.807, 2.05) is 41.5 Å². The van der Waals surface area contributed by atoms with E-state index in [4.69, 9.17) is 9.47 Å². The van der Waals surface area contributed by atoms with Gasteiger partial charge in [0.2, 0.25) is 5.91 Å². The van der Waals surface area contributed by atoms with Crippen molar-refractivity contribution in [3.05, 3.63) is 0 Å². The molecule has 0 radical (unpaired) electrons. The van der Waals surface area contributed by atoms with Crippen LogP contribution in [0.15, 0.2) is 4.99 Å². The predicted molar refractivity (Wildman–Crippen MR) is 112 cm³/mol. The molecule has 9 heteroatoms. The van der Waals surface area contributed by atoms with Gasteiger partial charge < -0.3 is 30.7 Å². The summed E-state index contributed by atoms with van der Waals surface area (Å²) in [5.74, 6) is 0.333. The van der Waals surface area contributed by atoms with Crippen LogP contribution in [-0.2, 0) is 14.3 Å². The molecular formula is C19H39N5O4. The van der Waals surface area contributed by atoms with Gasteiger partial charge in [0.25, 0.3) is 0 Å². The number of carbonyl (C=O) groups excluding carboxylic acids is 2. The van der Waals surface area contributed by atoms with Crippen LogP contribution in [0.5, 0.6) is 0 Å². The quantitative estimate of drug-likeness (QED) is 0.236. The van der Waals surface area contributed by atoms with E-state index in [1.54, 1.807) is 7.11 Å². The van der Waals surface area contributed by atoms with E-state index in [-0.39, 0.29) is 12.5 Å². The summed E-state index contributed by atoms with van der Waals surface area (Å²) in [6.07, 6.45) is 0.983. The molecule has 0 saturated heterocycles. The van der Waals surface area contributed by atoms with Gasteiger partial charge in [-0.15, -0.1) is 0 Å². The maximum atomic E-state index is 12.2. The number of amides is 2. The third-order valence-electron chi connectivity index (χ3n) is 4.07. The molecule has 0 fully saturated rings. The first-order valence-corrected chi connectivity index (χ1v) is 9.90. The standard InChI is InChI=1S/C19H39N5O4/c1-8-19(9-2,24-17(26)28-18(4,5)6)14-23-16(20-10-3)22-13-15(25)21-11-12-27-7/h8-14H2,1-7H3,(H,21,25)(H,24,26)(H2,20,22,23). The van der Waals surface area contributed by atoms with Crippen LogP contribution in [0.1, 0.15) is 54.4 Å². The van der Waals surface area contributed by atoms with Crippen molar-refractivity contribution in [2.45, 2.75) is 65.5 Å². The monoisotopic (exact) mass is 401 g/mol. The van der Waals surface area contributed by atoms with Crippen molar-refractivity contribution in [3.63, 3.8) is 0 Å². The molecule has 0 aliphatic heterocycles. The molecule has 0 unspecified atom stereocenters. The molecular weight excluding hydrogens is 362 g/mol. The Balaban J connectivity index is 4.89. The molecule has 2 amide bonds. The van der Waals surface area contributed by atoms with Crippen molar-refractivity contribution in [1.29, 1.82) is 0 Å². The summed E-state index contributed by atoms with van der Waals surface area (Å²) in [4.78, 5) is 28.3. The zero-order chi connectivity index (χ0) is 21.6. The number of ether oxygens (including phenoxy) is 2. The lowest BCUT2D eigenvalue weighted by molar-refractivity contribution is -0.119. The molecule has 0 atom stereocenters. The van der Waals surface area contributed by atoms with Crippen LogP contribution < -0.4 is 21.3 Å². The van der Waals surface area contributed by atoms with Crippen LogP contribution >= 0.6 is 0 Å². The second-order valence-corrected chi connectivity index (χ2v) is 7.51. The van der Waals surface area contributed by atoms with Crippen molar-refractivity contribution in [1.82, 2.24) is 21.3 Å². The zero-order valence-electron chi connectivity index (χ0n) is 18.5. The minimum absolute atomic E-state index is 0.00376. The summed E-state index contributed by atoms with van der Waals surface area (Å²) < 4.78 is 10.3. The van der Waals surface area contributed by atoms with E-state index in [0.717, 1.165) is 0 Å². The van der Waals surface area contributed by atoms with Gasteiger partial charge in [0, 0.05) is 26.7 Å². The van der Waals surface area contributed by atoms with Crippen LogP contribution in [0, 0.1) is 0 Å². The van der Waals surface area contributed by atoms with E-state index in [0.29, 0.717) is 45.0 Å². The number of carbonyl (C=O) groups is 2. The van der Waals surface area contributed by atoms with Crippen LogP contribution in [0.3, 0.4) is 0 Å². The van der Waals surface area contributed by atoms with Gasteiger partial charge in [-0.3, -0.25) is 4.79 Å². The highest BCUT2D eigenvalue weighted by Gasteiger charge is 2.30. The van der Waals surface area contributed by atoms with Crippen LogP contribution in [0.2, 0.25) is 0 Å². The molecule has 164 valence electrons. The molecule has 0 aliphatic carbocycles. The lowest BCUT2D eigenvalue weighted by Gasteiger charge is -2.34. The van der Waals surface area contributed by atoms with Gasteiger partial charge in [0.05, 0.1) is 12.1 Å². The number of hydrogen-bond donors (Lipinski definition) is 4. The van der Waals surface area contributed by atoms with E-state index in [2.05, 4.69) is 26.3 Å². The van der Waals surface area contributed by atoms with Gasteiger partial charge in [-0.2, -0.15) is 0 Å². The van der Waals surface area contributed by atoms with Crippen molar-refractivity contribution in [2.24, 2.45) is 4.99 Å². The van der Waals surface area contributed by atoms with E-state index in [1.165, 1.54) is 0 Å². The van der Waals surface area contributed by atoms with Crippen LogP contribution in [-0.4, -0.2) is 69.0 Å². The molecule has 0 aromatic heterocycles. The van der Waals surface area contributed by atoms with Crippen LogP contribution in [0.4, 0.5) is 4.79 Å². The second-order valence-electron chi connectivity index (χ2n) is 7.51. The minimum Gasteiger partial charge on any atom is -0.444 e. The van der Waals surface area contributed by atoms with Gasteiger partial charge in [-0.05, 0) is 40.5 Å². The summed E-state index contributed by atoms with van der Waals surface area (Å²) in [6, 6.07) is 0. The second kappa shape index (κ2) is 13.2. The topological polar surface area (TPSA) is 113 Å². The highest BCUT2D eigenvalue weighted by molar-refractivity contribution is 5.85. The Morgan fingerprint density at radius 1 is 1.00 bits per heavy atom. The number of hydrogen-bond acceptors (Lipinski definition) is 5. The number of nitrogens with zero attached hydrogens (tertiary/aromatic N) is 1. The fourth-order valence-electron chi connectivity index (χ4n) is 2.34. The number of aliphatic imine (C=N–C) groups is 1. The molecule has 9 nitrogen and oxygen atoms in total. The Kier molecular flexibility index (Phi) is 12.2. The fraction of sp³-hybridized carbons (Fsp3) is 0.842. The highest BCUT2D eigenvalue weighted by atomic mass is 16.6. The smallest absolute Gasteiger partial charge is 0.408 e. The van der Waals surface area contributed by atoms with Gasteiger partial charge in [-0.1, -0.05) is 13.8 Å². The Labute approximate surface area is 169 Å². The third-order valence-corrected chi connectivity index (χ3v) is 4.07. The number of alkyl carbamates (subject to hydrolysis) is 1. The maximum Gasteiger partial charge on any atom is 0.408 e. The van der Waals surface area contributed by atoms with E-state index in [9.17, 15) is 9.59 Å². The third kappa shape index (κ3) is 11.6. The van der Waals surface area contributed by atoms with Gasteiger partial charge >= 0.3 is 6.09 Å². The zero-order valence-corrected chi connectivity index (χ0v) is 18.5. The first-order valence-electron chi connectivity index (χ1n) is 9.90. The summed E-state index contributed by atoms with van der Waals surface area (Å²) >= 11 is 0. The lowest BCUT2D eigenvalue weighted by atomic mass is 9.93. The lowest BCUT2D eigenvalue weighted by Crippen LogP contribution is -2.57. The van der Waals surface area contributed by atoms with E-state index < -0.39 is 17.2 Å².